The Morgan fingerprint density at radius 3 is 2.67 bits per heavy atom. The maximum absolute atomic E-state index is 13.5. The monoisotopic (exact) mass is 329 g/mol. The highest BCUT2D eigenvalue weighted by molar-refractivity contribution is 5.20. The third-order valence-corrected chi connectivity index (χ3v) is 4.52. The van der Waals surface area contributed by atoms with E-state index in [-0.39, 0.29) is 19.0 Å². The van der Waals surface area contributed by atoms with Crippen molar-refractivity contribution >= 4 is 0 Å². The molecule has 1 saturated heterocycles. The van der Waals surface area contributed by atoms with Crippen LogP contribution in [0.5, 0.6) is 0 Å². The van der Waals surface area contributed by atoms with Crippen molar-refractivity contribution in [3.8, 4) is 0 Å². The summed E-state index contributed by atoms with van der Waals surface area (Å²) in [4.78, 5) is 2.31. The summed E-state index contributed by atoms with van der Waals surface area (Å²) in [6.45, 7) is 1.97. The Balaban J connectivity index is 1.48. The van der Waals surface area contributed by atoms with E-state index in [1.54, 1.807) is 18.2 Å². The molecule has 3 rings (SSSR count). The Bertz CT molecular complexity index is 635. The molecule has 2 aromatic rings. The second-order valence-electron chi connectivity index (χ2n) is 6.32. The average molecular weight is 329 g/mol. The summed E-state index contributed by atoms with van der Waals surface area (Å²) in [5.74, 6) is -0.268. The van der Waals surface area contributed by atoms with Crippen LogP contribution in [0, 0.1) is 5.82 Å². The molecule has 1 N–H and O–H groups in total. The Kier molecular flexibility index (Phi) is 5.96. The molecule has 1 fully saturated rings. The molecular formula is C20H24FNO2. The number of aliphatic hydroxyl groups excluding tert-OH is 1. The minimum atomic E-state index is -0.568. The van der Waals surface area contributed by atoms with Gasteiger partial charge in [0.2, 0.25) is 0 Å². The lowest BCUT2D eigenvalue weighted by Crippen LogP contribution is -2.34. The molecular weight excluding hydrogens is 305 g/mol. The van der Waals surface area contributed by atoms with Crippen LogP contribution in [0.3, 0.4) is 0 Å². The third kappa shape index (κ3) is 4.41. The SMILES string of the molecule is O[C@H](COCc1ccccc1F)CN1CCC[C@@H]1c1ccccc1. The predicted octanol–water partition coefficient (Wildman–Crippen LogP) is 3.54. The lowest BCUT2D eigenvalue weighted by atomic mass is 10.0. The summed E-state index contributed by atoms with van der Waals surface area (Å²) in [5.41, 5.74) is 1.82. The molecule has 0 saturated carbocycles. The number of hydrogen-bond acceptors (Lipinski definition) is 3. The zero-order valence-corrected chi connectivity index (χ0v) is 13.8. The van der Waals surface area contributed by atoms with Gasteiger partial charge in [-0.3, -0.25) is 4.90 Å². The first-order chi connectivity index (χ1) is 11.7. The second kappa shape index (κ2) is 8.38. The molecule has 3 nitrogen and oxygen atoms in total. The zero-order chi connectivity index (χ0) is 16.8. The van der Waals surface area contributed by atoms with Gasteiger partial charge in [0.1, 0.15) is 5.82 Å². The first kappa shape index (κ1) is 17.1. The highest BCUT2D eigenvalue weighted by Crippen LogP contribution is 2.31. The maximum Gasteiger partial charge on any atom is 0.128 e. The number of halogens is 1. The van der Waals surface area contributed by atoms with E-state index in [1.165, 1.54) is 11.6 Å². The van der Waals surface area contributed by atoms with Gasteiger partial charge in [-0.05, 0) is 31.0 Å². The highest BCUT2D eigenvalue weighted by Gasteiger charge is 2.27. The predicted molar refractivity (Wildman–Crippen MR) is 92.1 cm³/mol. The maximum atomic E-state index is 13.5. The summed E-state index contributed by atoms with van der Waals surface area (Å²) >= 11 is 0. The van der Waals surface area contributed by atoms with E-state index in [0.29, 0.717) is 18.2 Å². The minimum Gasteiger partial charge on any atom is -0.389 e. The van der Waals surface area contributed by atoms with E-state index in [9.17, 15) is 9.50 Å². The molecule has 128 valence electrons. The van der Waals surface area contributed by atoms with Crippen LogP contribution < -0.4 is 0 Å². The molecule has 0 aliphatic carbocycles. The highest BCUT2D eigenvalue weighted by atomic mass is 19.1. The first-order valence-electron chi connectivity index (χ1n) is 8.52. The van der Waals surface area contributed by atoms with Crippen molar-refractivity contribution in [2.45, 2.75) is 31.6 Å². The lowest BCUT2D eigenvalue weighted by molar-refractivity contribution is 0.00698. The van der Waals surface area contributed by atoms with Crippen LogP contribution in [0.15, 0.2) is 54.6 Å². The molecule has 1 aliphatic rings. The van der Waals surface area contributed by atoms with Gasteiger partial charge in [0.15, 0.2) is 0 Å². The van der Waals surface area contributed by atoms with Crippen LogP contribution in [0.25, 0.3) is 0 Å². The molecule has 2 aromatic carbocycles. The number of aliphatic hydroxyl groups is 1. The Morgan fingerprint density at radius 1 is 1.12 bits per heavy atom. The van der Waals surface area contributed by atoms with Gasteiger partial charge < -0.3 is 9.84 Å². The molecule has 1 heterocycles. The van der Waals surface area contributed by atoms with Crippen molar-refractivity contribution in [3.05, 3.63) is 71.5 Å². The van der Waals surface area contributed by atoms with Gasteiger partial charge in [-0.2, -0.15) is 0 Å². The summed E-state index contributed by atoms with van der Waals surface area (Å²) in [5, 5.41) is 10.3. The summed E-state index contributed by atoms with van der Waals surface area (Å²) in [6.07, 6.45) is 1.69. The van der Waals surface area contributed by atoms with Gasteiger partial charge in [0.05, 0.1) is 19.3 Å². The summed E-state index contributed by atoms with van der Waals surface area (Å²) in [7, 11) is 0. The van der Waals surface area contributed by atoms with Crippen LogP contribution in [-0.2, 0) is 11.3 Å². The summed E-state index contributed by atoms with van der Waals surface area (Å²) < 4.78 is 19.0. The van der Waals surface area contributed by atoms with Crippen LogP contribution in [0.2, 0.25) is 0 Å². The van der Waals surface area contributed by atoms with E-state index in [1.807, 2.05) is 6.07 Å². The molecule has 0 radical (unpaired) electrons. The van der Waals surface area contributed by atoms with Crippen LogP contribution in [0.4, 0.5) is 4.39 Å². The van der Waals surface area contributed by atoms with Crippen molar-refractivity contribution in [2.24, 2.45) is 0 Å². The number of hydrogen-bond donors (Lipinski definition) is 1. The van der Waals surface area contributed by atoms with E-state index in [4.69, 9.17) is 4.74 Å². The average Bonchev–Trinajstić information content (AvgIpc) is 3.05. The van der Waals surface area contributed by atoms with Gasteiger partial charge in [-0.25, -0.2) is 4.39 Å². The molecule has 4 heteroatoms. The second-order valence-corrected chi connectivity index (χ2v) is 6.32. The van der Waals surface area contributed by atoms with Crippen molar-refractivity contribution in [1.82, 2.24) is 4.90 Å². The molecule has 0 aromatic heterocycles. The molecule has 0 spiro atoms. The van der Waals surface area contributed by atoms with Gasteiger partial charge in [-0.15, -0.1) is 0 Å². The Hall–Kier alpha value is -1.75. The molecule has 0 bridgehead atoms. The first-order valence-corrected chi connectivity index (χ1v) is 8.52. The minimum absolute atomic E-state index is 0.186. The standard InChI is InChI=1S/C20H24FNO2/c21-19-10-5-4-9-17(19)14-24-15-18(23)13-22-12-6-11-20(22)16-7-2-1-3-8-16/h1-5,7-10,18,20,23H,6,11-15H2/t18-,20+/m0/s1. The molecule has 0 unspecified atom stereocenters. The quantitative estimate of drug-likeness (QED) is 0.843. The fourth-order valence-electron chi connectivity index (χ4n) is 3.34. The van der Waals surface area contributed by atoms with Gasteiger partial charge >= 0.3 is 0 Å². The smallest absolute Gasteiger partial charge is 0.128 e. The van der Waals surface area contributed by atoms with Gasteiger partial charge in [0, 0.05) is 18.2 Å². The Labute approximate surface area is 142 Å². The van der Waals surface area contributed by atoms with Gasteiger partial charge in [0.25, 0.3) is 0 Å². The number of nitrogens with zero attached hydrogens (tertiary/aromatic N) is 1. The third-order valence-electron chi connectivity index (χ3n) is 4.52. The van der Waals surface area contributed by atoms with Crippen LogP contribution >= 0.6 is 0 Å². The number of ether oxygens (including phenoxy) is 1. The van der Waals surface area contributed by atoms with E-state index in [2.05, 4.69) is 29.2 Å². The molecule has 2 atom stereocenters. The fraction of sp³-hybridized carbons (Fsp3) is 0.400. The number of likely N-dealkylation sites (tertiary alicyclic amines) is 1. The van der Waals surface area contributed by atoms with Gasteiger partial charge in [-0.1, -0.05) is 48.5 Å². The zero-order valence-electron chi connectivity index (χ0n) is 13.8. The van der Waals surface area contributed by atoms with Crippen molar-refractivity contribution in [2.75, 3.05) is 19.7 Å². The molecule has 24 heavy (non-hydrogen) atoms. The number of rotatable bonds is 7. The van der Waals surface area contributed by atoms with E-state index < -0.39 is 6.10 Å². The normalized spacial score (nSPS) is 19.5. The number of β-amino-alcohol motifs (C(OH)–C–C–N with tert-alkyl or cyclic N) is 1. The van der Waals surface area contributed by atoms with Crippen molar-refractivity contribution < 1.29 is 14.2 Å². The van der Waals surface area contributed by atoms with Crippen LogP contribution in [0.1, 0.15) is 30.0 Å². The number of benzene rings is 2. The topological polar surface area (TPSA) is 32.7 Å². The lowest BCUT2D eigenvalue weighted by Gasteiger charge is -2.27. The van der Waals surface area contributed by atoms with Crippen LogP contribution in [-0.4, -0.2) is 35.8 Å². The Morgan fingerprint density at radius 2 is 1.88 bits per heavy atom. The summed E-state index contributed by atoms with van der Waals surface area (Å²) in [6, 6.07) is 17.4. The molecule has 0 amide bonds. The fourth-order valence-corrected chi connectivity index (χ4v) is 3.34. The molecule has 1 aliphatic heterocycles. The van der Waals surface area contributed by atoms with E-state index >= 15 is 0 Å². The van der Waals surface area contributed by atoms with E-state index in [0.717, 1.165) is 19.4 Å². The van der Waals surface area contributed by atoms with Crippen molar-refractivity contribution in [3.63, 3.8) is 0 Å². The van der Waals surface area contributed by atoms with Crippen molar-refractivity contribution in [1.29, 1.82) is 0 Å². The largest absolute Gasteiger partial charge is 0.389 e.